The molecule has 0 heterocycles. The number of aliphatic hydroxyl groups is 1. The average molecular weight is 340 g/mol. The van der Waals surface area contributed by atoms with Gasteiger partial charge >= 0.3 is 5.97 Å². The van der Waals surface area contributed by atoms with Gasteiger partial charge in [0.25, 0.3) is 5.91 Å². The lowest BCUT2D eigenvalue weighted by atomic mass is 9.98. The van der Waals surface area contributed by atoms with Crippen molar-refractivity contribution in [3.05, 3.63) is 35.4 Å². The van der Waals surface area contributed by atoms with E-state index in [1.54, 1.807) is 12.1 Å². The normalized spacial score (nSPS) is 12.0. The number of carboxylic acids is 1. The number of carbonyl (C=O) groups is 2. The summed E-state index contributed by atoms with van der Waals surface area (Å²) in [6, 6.07) is 4.96. The number of carboxylic acid groups (broad SMARTS) is 1. The molecular weight excluding hydrogens is 326 g/mol. The van der Waals surface area contributed by atoms with Crippen LogP contribution in [-0.4, -0.2) is 33.7 Å². The summed E-state index contributed by atoms with van der Waals surface area (Å²) in [6.45, 7) is 2.64. The first kappa shape index (κ1) is 16.2. The molecule has 0 aliphatic rings. The van der Waals surface area contributed by atoms with E-state index >= 15 is 0 Å². The number of benzene rings is 1. The Morgan fingerprint density at radius 2 is 1.85 bits per heavy atom. The first-order chi connectivity index (χ1) is 9.25. The van der Waals surface area contributed by atoms with Crippen LogP contribution in [0.3, 0.4) is 0 Å². The zero-order chi connectivity index (χ0) is 15.3. The smallest absolute Gasteiger partial charge is 0.329 e. The first-order valence-corrected chi connectivity index (χ1v) is 6.52. The predicted molar refractivity (Wildman–Crippen MR) is 77.4 cm³/mol. The summed E-state index contributed by atoms with van der Waals surface area (Å²) < 4.78 is 0. The van der Waals surface area contributed by atoms with Crippen molar-refractivity contribution in [2.45, 2.75) is 25.5 Å². The molecule has 1 rings (SSSR count). The molecule has 0 saturated heterocycles. The van der Waals surface area contributed by atoms with Crippen LogP contribution in [0, 0.1) is 10.8 Å². The lowest BCUT2D eigenvalue weighted by Crippen LogP contribution is -2.54. The van der Waals surface area contributed by atoms with Crippen LogP contribution in [0.15, 0.2) is 24.3 Å². The van der Waals surface area contributed by atoms with E-state index in [-0.39, 0.29) is 0 Å². The maximum absolute atomic E-state index is 11.9. The Morgan fingerprint density at radius 1 is 1.30 bits per heavy atom. The summed E-state index contributed by atoms with van der Waals surface area (Å²) in [5.74, 6) is 0.888. The van der Waals surface area contributed by atoms with Gasteiger partial charge in [-0.3, -0.25) is 4.79 Å². The van der Waals surface area contributed by atoms with Gasteiger partial charge in [-0.25, -0.2) is 4.79 Å². The number of carbonyl (C=O) groups excluding carboxylic acids is 1. The first-order valence-electron chi connectivity index (χ1n) is 5.73. The topological polar surface area (TPSA) is 86.6 Å². The van der Waals surface area contributed by atoms with Gasteiger partial charge in [0.05, 0.1) is 5.60 Å². The molecule has 0 aliphatic heterocycles. The van der Waals surface area contributed by atoms with E-state index in [1.165, 1.54) is 26.0 Å². The Morgan fingerprint density at radius 3 is 2.25 bits per heavy atom. The van der Waals surface area contributed by atoms with Gasteiger partial charge in [0, 0.05) is 27.1 Å². The molecule has 0 aliphatic carbocycles. The van der Waals surface area contributed by atoms with Crippen molar-refractivity contribution >= 4 is 27.8 Å². The summed E-state index contributed by atoms with van der Waals surface area (Å²) in [5.41, 5.74) is -0.556. The SMILES string of the molecule is CC(C)(O)C(NC(=O)c1ccc(C#CBr)cc1)C(=O)O. The summed E-state index contributed by atoms with van der Waals surface area (Å²) in [6.07, 6.45) is 0. The molecule has 0 aromatic heterocycles. The van der Waals surface area contributed by atoms with Gasteiger partial charge in [-0.1, -0.05) is 5.92 Å². The fourth-order valence-electron chi connectivity index (χ4n) is 1.51. The molecule has 1 aromatic rings. The van der Waals surface area contributed by atoms with Crippen LogP contribution in [0.2, 0.25) is 0 Å². The molecule has 1 aromatic carbocycles. The zero-order valence-electron chi connectivity index (χ0n) is 11.0. The van der Waals surface area contributed by atoms with Crippen LogP contribution in [0.25, 0.3) is 0 Å². The second-order valence-corrected chi connectivity index (χ2v) is 5.09. The van der Waals surface area contributed by atoms with Crippen LogP contribution >= 0.6 is 15.9 Å². The molecule has 1 atom stereocenters. The molecule has 3 N–H and O–H groups in total. The Kier molecular flexibility index (Phi) is 5.31. The number of halogens is 1. The highest BCUT2D eigenvalue weighted by Gasteiger charge is 2.34. The number of nitrogens with one attached hydrogen (secondary N) is 1. The minimum absolute atomic E-state index is 0.292. The van der Waals surface area contributed by atoms with Crippen molar-refractivity contribution in [2.75, 3.05) is 0 Å². The Hall–Kier alpha value is -1.84. The molecule has 0 saturated carbocycles. The fraction of sp³-hybridized carbons (Fsp3) is 0.286. The van der Waals surface area contributed by atoms with Crippen LogP contribution in [0.1, 0.15) is 29.8 Å². The van der Waals surface area contributed by atoms with E-state index in [0.29, 0.717) is 5.56 Å². The maximum Gasteiger partial charge on any atom is 0.329 e. The lowest BCUT2D eigenvalue weighted by molar-refractivity contribution is -0.145. The Bertz CT molecular complexity index is 564. The molecule has 0 radical (unpaired) electrons. The second-order valence-electron chi connectivity index (χ2n) is 4.70. The van der Waals surface area contributed by atoms with Crippen molar-refractivity contribution < 1.29 is 19.8 Å². The molecule has 1 amide bonds. The van der Waals surface area contributed by atoms with Gasteiger partial charge in [-0.05, 0) is 42.9 Å². The number of hydrogen-bond acceptors (Lipinski definition) is 3. The molecule has 1 unspecified atom stereocenters. The molecule has 0 fully saturated rings. The van der Waals surface area contributed by atoms with Crippen molar-refractivity contribution in [1.29, 1.82) is 0 Å². The largest absolute Gasteiger partial charge is 0.480 e. The monoisotopic (exact) mass is 339 g/mol. The van der Waals surface area contributed by atoms with Gasteiger partial charge < -0.3 is 15.5 Å². The van der Waals surface area contributed by atoms with Crippen molar-refractivity contribution in [3.8, 4) is 10.8 Å². The van der Waals surface area contributed by atoms with E-state index < -0.39 is 23.5 Å². The Balaban J connectivity index is 2.89. The minimum Gasteiger partial charge on any atom is -0.480 e. The second kappa shape index (κ2) is 6.55. The van der Waals surface area contributed by atoms with Gasteiger partial charge in [0.2, 0.25) is 0 Å². The minimum atomic E-state index is -1.57. The molecular formula is C14H14BrNO4. The highest BCUT2D eigenvalue weighted by molar-refractivity contribution is 9.12. The van der Waals surface area contributed by atoms with Gasteiger partial charge in [-0.2, -0.15) is 0 Å². The number of hydrogen-bond donors (Lipinski definition) is 3. The van der Waals surface area contributed by atoms with Gasteiger partial charge in [0.1, 0.15) is 0 Å². The van der Waals surface area contributed by atoms with Crippen LogP contribution in [0.5, 0.6) is 0 Å². The van der Waals surface area contributed by atoms with Crippen LogP contribution in [0.4, 0.5) is 0 Å². The van der Waals surface area contributed by atoms with Crippen molar-refractivity contribution in [3.63, 3.8) is 0 Å². The number of aliphatic carboxylic acids is 1. The summed E-state index contributed by atoms with van der Waals surface area (Å²) >= 11 is 2.97. The number of amides is 1. The highest BCUT2D eigenvalue weighted by Crippen LogP contribution is 2.11. The van der Waals surface area contributed by atoms with E-state index in [0.717, 1.165) is 5.56 Å². The van der Waals surface area contributed by atoms with E-state index in [9.17, 15) is 14.7 Å². The third kappa shape index (κ3) is 4.37. The summed E-state index contributed by atoms with van der Waals surface area (Å²) in [4.78, 5) is 25.5. The van der Waals surface area contributed by atoms with E-state index in [4.69, 9.17) is 5.11 Å². The summed E-state index contributed by atoms with van der Waals surface area (Å²) in [5, 5.41) is 21.0. The molecule has 106 valence electrons. The molecule has 20 heavy (non-hydrogen) atoms. The van der Waals surface area contributed by atoms with Crippen LogP contribution < -0.4 is 5.32 Å². The number of rotatable bonds is 4. The van der Waals surface area contributed by atoms with E-state index in [1.807, 2.05) is 0 Å². The quantitative estimate of drug-likeness (QED) is 0.722. The third-order valence-electron chi connectivity index (χ3n) is 2.57. The Labute approximate surface area is 125 Å². The molecule has 0 bridgehead atoms. The third-order valence-corrected chi connectivity index (χ3v) is 2.77. The average Bonchev–Trinajstić information content (AvgIpc) is 2.35. The zero-order valence-corrected chi connectivity index (χ0v) is 12.6. The molecule has 5 nitrogen and oxygen atoms in total. The van der Waals surface area contributed by atoms with Gasteiger partial charge in [-0.15, -0.1) is 0 Å². The standard InChI is InChI=1S/C14H14BrNO4/c1-14(2,20)11(13(18)19)16-12(17)10-5-3-9(4-6-10)7-8-15/h3-6,11,20H,1-2H3,(H,16,17)(H,18,19). The molecule has 6 heteroatoms. The van der Waals surface area contributed by atoms with Gasteiger partial charge in [0.15, 0.2) is 6.04 Å². The summed E-state index contributed by atoms with van der Waals surface area (Å²) in [7, 11) is 0. The van der Waals surface area contributed by atoms with Crippen molar-refractivity contribution in [2.24, 2.45) is 0 Å². The van der Waals surface area contributed by atoms with Crippen LogP contribution in [-0.2, 0) is 4.79 Å². The fourth-order valence-corrected chi connectivity index (χ4v) is 1.74. The van der Waals surface area contributed by atoms with E-state index in [2.05, 4.69) is 32.0 Å². The predicted octanol–water partition coefficient (Wildman–Crippen LogP) is 1.34. The lowest BCUT2D eigenvalue weighted by Gasteiger charge is -2.26. The highest BCUT2D eigenvalue weighted by atomic mass is 79.9. The maximum atomic E-state index is 11.9. The molecule has 0 spiro atoms. The van der Waals surface area contributed by atoms with Crippen molar-refractivity contribution in [1.82, 2.24) is 5.32 Å².